The first kappa shape index (κ1) is 20.1. The lowest BCUT2D eigenvalue weighted by molar-refractivity contribution is -0.144. The van der Waals surface area contributed by atoms with Gasteiger partial charge in [-0.25, -0.2) is 0 Å². The number of carbonyl (C=O) groups is 2. The van der Waals surface area contributed by atoms with Crippen molar-refractivity contribution in [1.82, 2.24) is 4.90 Å². The molecule has 1 fully saturated rings. The first-order chi connectivity index (χ1) is 10.9. The van der Waals surface area contributed by atoms with Crippen LogP contribution in [0.5, 0.6) is 5.75 Å². The number of anilines is 1. The molecule has 1 unspecified atom stereocenters. The molecule has 1 aromatic rings. The lowest BCUT2D eigenvalue weighted by atomic mass is 9.98. The van der Waals surface area contributed by atoms with Crippen molar-refractivity contribution in [2.45, 2.75) is 19.5 Å². The maximum absolute atomic E-state index is 12.0. The van der Waals surface area contributed by atoms with Crippen LogP contribution in [0, 0.1) is 5.92 Å². The number of nitrogens with zero attached hydrogens (tertiary/aromatic N) is 1. The Morgan fingerprint density at radius 2 is 2.00 bits per heavy atom. The van der Waals surface area contributed by atoms with Crippen LogP contribution in [-0.4, -0.2) is 48.1 Å². The molecule has 0 saturated carbocycles. The molecule has 0 radical (unpaired) electrons. The van der Waals surface area contributed by atoms with Crippen molar-refractivity contribution in [3.8, 4) is 5.75 Å². The molecule has 0 aromatic heterocycles. The highest BCUT2D eigenvalue weighted by Crippen LogP contribution is 2.19. The molecule has 1 amide bonds. The summed E-state index contributed by atoms with van der Waals surface area (Å²) in [5.74, 6) is -1.55. The average molecular weight is 365 g/mol. The molecule has 1 atom stereocenters. The van der Waals surface area contributed by atoms with Gasteiger partial charge in [0.15, 0.2) is 0 Å². The number of carboxylic acids is 1. The van der Waals surface area contributed by atoms with Crippen LogP contribution in [0.2, 0.25) is 0 Å². The quantitative estimate of drug-likeness (QED) is 0.810. The molecule has 1 saturated heterocycles. The Balaban J connectivity index is 0.00000288. The molecule has 1 heterocycles. The molecule has 0 spiro atoms. The number of hydrogen-bond acceptors (Lipinski definition) is 4. The van der Waals surface area contributed by atoms with Crippen LogP contribution >= 0.6 is 12.4 Å². The number of ether oxygens (including phenoxy) is 1. The second kappa shape index (κ2) is 9.39. The van der Waals surface area contributed by atoms with E-state index >= 15 is 0 Å². The highest BCUT2D eigenvalue weighted by molar-refractivity contribution is 5.92. The second-order valence-corrected chi connectivity index (χ2v) is 5.36. The summed E-state index contributed by atoms with van der Waals surface area (Å²) in [6, 6.07) is 5.60. The van der Waals surface area contributed by atoms with E-state index in [-0.39, 0.29) is 30.6 Å². The minimum absolute atomic E-state index is 0. The first-order valence-corrected chi connectivity index (χ1v) is 7.24. The third kappa shape index (κ3) is 6.29. The van der Waals surface area contributed by atoms with E-state index in [4.69, 9.17) is 5.11 Å². The molecule has 2 N–H and O–H groups in total. The van der Waals surface area contributed by atoms with Crippen molar-refractivity contribution < 1.29 is 28.2 Å². The fraction of sp³-hybridized carbons (Fsp3) is 0.467. The lowest BCUT2D eigenvalue weighted by Gasteiger charge is -2.29. The first-order valence-electron chi connectivity index (χ1n) is 7.24. The van der Waals surface area contributed by atoms with Crippen molar-refractivity contribution in [3.63, 3.8) is 0 Å². The Labute approximate surface area is 144 Å². The summed E-state index contributed by atoms with van der Waals surface area (Å²) in [5.41, 5.74) is 0.461. The van der Waals surface area contributed by atoms with Crippen molar-refractivity contribution in [3.05, 3.63) is 24.3 Å². The molecule has 1 aliphatic heterocycles. The Kier molecular flexibility index (Phi) is 7.87. The minimum Gasteiger partial charge on any atom is -0.481 e. The molecule has 6 nitrogen and oxygen atoms in total. The number of amides is 1. The van der Waals surface area contributed by atoms with Crippen LogP contribution in [0.15, 0.2) is 24.3 Å². The Morgan fingerprint density at radius 3 is 2.58 bits per heavy atom. The van der Waals surface area contributed by atoms with Crippen molar-refractivity contribution in [2.24, 2.45) is 5.92 Å². The average Bonchev–Trinajstić information content (AvgIpc) is 2.49. The normalized spacial score (nSPS) is 17.9. The topological polar surface area (TPSA) is 78.9 Å². The zero-order chi connectivity index (χ0) is 16.8. The Morgan fingerprint density at radius 1 is 1.33 bits per heavy atom. The third-order valence-corrected chi connectivity index (χ3v) is 3.59. The van der Waals surface area contributed by atoms with Crippen LogP contribution in [0.25, 0.3) is 0 Å². The predicted molar refractivity (Wildman–Crippen MR) is 85.8 cm³/mol. The number of aliphatic carboxylic acids is 1. The number of likely N-dealkylation sites (tertiary alicyclic amines) is 1. The van der Waals surface area contributed by atoms with E-state index in [1.165, 1.54) is 24.3 Å². The molecule has 0 bridgehead atoms. The Bertz CT molecular complexity index is 557. The van der Waals surface area contributed by atoms with Gasteiger partial charge in [-0.3, -0.25) is 14.5 Å². The molecule has 0 aliphatic carbocycles. The maximum atomic E-state index is 12.0. The van der Waals surface area contributed by atoms with Crippen LogP contribution in [0.1, 0.15) is 12.8 Å². The summed E-state index contributed by atoms with van der Waals surface area (Å²) in [6.07, 6.45) is 1.36. The van der Waals surface area contributed by atoms with Gasteiger partial charge in [0.25, 0.3) is 0 Å². The molecule has 9 heteroatoms. The fourth-order valence-corrected chi connectivity index (χ4v) is 2.52. The Hall–Kier alpha value is -1.93. The van der Waals surface area contributed by atoms with E-state index in [0.29, 0.717) is 25.2 Å². The highest BCUT2D eigenvalue weighted by atomic mass is 35.5. The van der Waals surface area contributed by atoms with Crippen molar-refractivity contribution in [2.75, 3.05) is 25.0 Å². The van der Waals surface area contributed by atoms with E-state index in [0.717, 1.165) is 6.42 Å². The summed E-state index contributed by atoms with van der Waals surface area (Å²) >= 11 is 0. The summed E-state index contributed by atoms with van der Waals surface area (Å²) in [5, 5.41) is 11.7. The van der Waals surface area contributed by atoms with Crippen LogP contribution in [-0.2, 0) is 9.59 Å². The van der Waals surface area contributed by atoms with Gasteiger partial charge in [-0.1, -0.05) is 0 Å². The van der Waals surface area contributed by atoms with E-state index < -0.39 is 18.5 Å². The maximum Gasteiger partial charge on any atom is 0.387 e. The van der Waals surface area contributed by atoms with Crippen LogP contribution < -0.4 is 10.1 Å². The molecule has 2 rings (SSSR count). The van der Waals surface area contributed by atoms with Gasteiger partial charge in [-0.2, -0.15) is 8.78 Å². The molecular formula is C15H19ClF2N2O4. The van der Waals surface area contributed by atoms with Crippen LogP contribution in [0.4, 0.5) is 14.5 Å². The third-order valence-electron chi connectivity index (χ3n) is 3.59. The van der Waals surface area contributed by atoms with Gasteiger partial charge in [0.2, 0.25) is 5.91 Å². The van der Waals surface area contributed by atoms with Gasteiger partial charge in [-0.05, 0) is 43.7 Å². The van der Waals surface area contributed by atoms with Crippen molar-refractivity contribution in [1.29, 1.82) is 0 Å². The number of benzene rings is 1. The van der Waals surface area contributed by atoms with Crippen LogP contribution in [0.3, 0.4) is 0 Å². The number of piperidine rings is 1. The molecule has 1 aliphatic rings. The number of halogens is 3. The van der Waals surface area contributed by atoms with E-state index in [1.807, 2.05) is 0 Å². The predicted octanol–water partition coefficient (Wildman–Crippen LogP) is 2.44. The SMILES string of the molecule is Cl.O=C(CN1CCCC(C(=O)O)C1)Nc1ccc(OC(F)F)cc1. The molecule has 1 aromatic carbocycles. The van der Waals surface area contributed by atoms with Gasteiger partial charge in [0.1, 0.15) is 5.75 Å². The fourth-order valence-electron chi connectivity index (χ4n) is 2.52. The molecule has 134 valence electrons. The zero-order valence-corrected chi connectivity index (χ0v) is 13.6. The highest BCUT2D eigenvalue weighted by Gasteiger charge is 2.26. The van der Waals surface area contributed by atoms with Crippen molar-refractivity contribution >= 4 is 30.0 Å². The number of rotatable bonds is 6. The molecular weight excluding hydrogens is 346 g/mol. The monoisotopic (exact) mass is 364 g/mol. The number of carbonyl (C=O) groups excluding carboxylic acids is 1. The summed E-state index contributed by atoms with van der Waals surface area (Å²) < 4.78 is 28.3. The van der Waals surface area contributed by atoms with Gasteiger partial charge in [-0.15, -0.1) is 12.4 Å². The largest absolute Gasteiger partial charge is 0.481 e. The van der Waals surface area contributed by atoms with E-state index in [2.05, 4.69) is 10.1 Å². The number of nitrogens with one attached hydrogen (secondary N) is 1. The summed E-state index contributed by atoms with van der Waals surface area (Å²) in [7, 11) is 0. The van der Waals surface area contributed by atoms with E-state index in [1.54, 1.807) is 4.90 Å². The summed E-state index contributed by atoms with van der Waals surface area (Å²) in [4.78, 5) is 24.8. The number of alkyl halides is 2. The second-order valence-electron chi connectivity index (χ2n) is 5.36. The summed E-state index contributed by atoms with van der Waals surface area (Å²) in [6.45, 7) is -1.77. The zero-order valence-electron chi connectivity index (χ0n) is 12.8. The van der Waals surface area contributed by atoms with Gasteiger partial charge >= 0.3 is 12.6 Å². The van der Waals surface area contributed by atoms with Gasteiger partial charge in [0.05, 0.1) is 12.5 Å². The van der Waals surface area contributed by atoms with E-state index in [9.17, 15) is 18.4 Å². The van der Waals surface area contributed by atoms with Gasteiger partial charge < -0.3 is 15.2 Å². The standard InChI is InChI=1S/C15H18F2N2O4.ClH/c16-15(17)23-12-5-3-11(4-6-12)18-13(20)9-19-7-1-2-10(8-19)14(21)22;/h3-6,10,15H,1-2,7-9H2,(H,18,20)(H,21,22);1H. The minimum atomic E-state index is -2.89. The lowest BCUT2D eigenvalue weighted by Crippen LogP contribution is -2.42. The smallest absolute Gasteiger partial charge is 0.387 e. The number of carboxylic acid groups (broad SMARTS) is 1. The molecule has 24 heavy (non-hydrogen) atoms. The number of hydrogen-bond donors (Lipinski definition) is 2. The van der Waals surface area contributed by atoms with Gasteiger partial charge in [0, 0.05) is 12.2 Å².